The molecule has 0 spiro atoms. The molecule has 1 saturated heterocycles. The zero-order chi connectivity index (χ0) is 19.4. The second kappa shape index (κ2) is 8.28. The summed E-state index contributed by atoms with van der Waals surface area (Å²) in [6, 6.07) is 6.47. The molecule has 2 aromatic rings. The largest absolute Gasteiger partial charge is 0.493 e. The van der Waals surface area contributed by atoms with Gasteiger partial charge in [0.05, 0.1) is 25.5 Å². The van der Waals surface area contributed by atoms with Gasteiger partial charge in [0, 0.05) is 32.2 Å². The average Bonchev–Trinajstić information content (AvgIpc) is 3.20. The lowest BCUT2D eigenvalue weighted by molar-refractivity contribution is -0.131. The van der Waals surface area contributed by atoms with Gasteiger partial charge in [-0.2, -0.15) is 15.6 Å². The Morgan fingerprint density at radius 3 is 2.37 bits per heavy atom. The second-order valence-corrected chi connectivity index (χ2v) is 8.83. The number of sulfonamides is 1. The Labute approximate surface area is 163 Å². The van der Waals surface area contributed by atoms with Crippen molar-refractivity contribution in [3.05, 3.63) is 40.6 Å². The van der Waals surface area contributed by atoms with E-state index < -0.39 is 10.0 Å². The van der Waals surface area contributed by atoms with Crippen LogP contribution < -0.4 is 9.47 Å². The van der Waals surface area contributed by atoms with Gasteiger partial charge in [0.25, 0.3) is 0 Å². The highest BCUT2D eigenvalue weighted by atomic mass is 32.2. The third-order valence-corrected chi connectivity index (χ3v) is 7.15. The summed E-state index contributed by atoms with van der Waals surface area (Å²) in [7, 11) is -0.694. The first-order chi connectivity index (χ1) is 13.0. The van der Waals surface area contributed by atoms with Crippen LogP contribution in [0.2, 0.25) is 0 Å². The van der Waals surface area contributed by atoms with Gasteiger partial charge in [-0.25, -0.2) is 8.42 Å². The van der Waals surface area contributed by atoms with E-state index in [-0.39, 0.29) is 23.9 Å². The van der Waals surface area contributed by atoms with Crippen LogP contribution in [0.1, 0.15) is 5.56 Å². The number of benzene rings is 1. The zero-order valence-corrected chi connectivity index (χ0v) is 16.9. The van der Waals surface area contributed by atoms with Crippen LogP contribution in [0.5, 0.6) is 11.5 Å². The molecule has 0 saturated carbocycles. The maximum atomic E-state index is 12.9. The van der Waals surface area contributed by atoms with Crippen molar-refractivity contribution in [2.24, 2.45) is 0 Å². The Bertz CT molecular complexity index is 888. The van der Waals surface area contributed by atoms with Gasteiger partial charge >= 0.3 is 0 Å². The van der Waals surface area contributed by atoms with Crippen molar-refractivity contribution in [3.8, 4) is 11.5 Å². The van der Waals surface area contributed by atoms with Crippen molar-refractivity contribution in [2.45, 2.75) is 11.3 Å². The van der Waals surface area contributed by atoms with Crippen molar-refractivity contribution < 1.29 is 22.7 Å². The zero-order valence-electron chi connectivity index (χ0n) is 15.3. The number of hydrogen-bond donors (Lipinski definition) is 0. The number of thiophene rings is 1. The van der Waals surface area contributed by atoms with Gasteiger partial charge in [0.1, 0.15) is 0 Å². The third kappa shape index (κ3) is 4.26. The van der Waals surface area contributed by atoms with Crippen LogP contribution in [0, 0.1) is 0 Å². The maximum Gasteiger partial charge on any atom is 0.243 e. The van der Waals surface area contributed by atoms with E-state index >= 15 is 0 Å². The Hall–Kier alpha value is -2.10. The van der Waals surface area contributed by atoms with Crippen LogP contribution in [-0.2, 0) is 21.2 Å². The molecular weight excluding hydrogens is 388 g/mol. The van der Waals surface area contributed by atoms with E-state index in [4.69, 9.17) is 9.47 Å². The molecule has 7 nitrogen and oxygen atoms in total. The molecule has 0 aliphatic carbocycles. The Morgan fingerprint density at radius 1 is 1.07 bits per heavy atom. The van der Waals surface area contributed by atoms with E-state index in [9.17, 15) is 13.2 Å². The standard InChI is InChI=1S/C18H22N2O5S2/c1-24-16-4-3-15(12-17(16)25-2)27(22,23)20-8-6-19(7-9-20)18(21)11-14-5-10-26-13-14/h3-5,10,12-13H,6-9,11H2,1-2H3. The predicted octanol–water partition coefficient (Wildman–Crippen LogP) is 1.84. The van der Waals surface area contributed by atoms with Gasteiger partial charge in [-0.15, -0.1) is 0 Å². The van der Waals surface area contributed by atoms with Crippen molar-refractivity contribution in [2.75, 3.05) is 40.4 Å². The molecule has 146 valence electrons. The van der Waals surface area contributed by atoms with Gasteiger partial charge in [-0.05, 0) is 34.5 Å². The summed E-state index contributed by atoms with van der Waals surface area (Å²) in [5, 5.41) is 3.89. The first kappa shape index (κ1) is 19.7. The Kier molecular flexibility index (Phi) is 6.03. The molecule has 1 aromatic carbocycles. The molecule has 0 bridgehead atoms. The highest BCUT2D eigenvalue weighted by Gasteiger charge is 2.30. The number of methoxy groups -OCH3 is 2. The molecule has 1 aliphatic heterocycles. The van der Waals surface area contributed by atoms with Crippen LogP contribution >= 0.6 is 11.3 Å². The lowest BCUT2D eigenvalue weighted by atomic mass is 10.2. The van der Waals surface area contributed by atoms with Crippen molar-refractivity contribution in [1.82, 2.24) is 9.21 Å². The number of ether oxygens (including phenoxy) is 2. The van der Waals surface area contributed by atoms with E-state index in [2.05, 4.69) is 0 Å². The normalized spacial score (nSPS) is 15.6. The van der Waals surface area contributed by atoms with E-state index in [1.54, 1.807) is 22.3 Å². The second-order valence-electron chi connectivity index (χ2n) is 6.11. The van der Waals surface area contributed by atoms with Gasteiger partial charge in [0.15, 0.2) is 11.5 Å². The van der Waals surface area contributed by atoms with Crippen molar-refractivity contribution in [3.63, 3.8) is 0 Å². The first-order valence-electron chi connectivity index (χ1n) is 8.46. The summed E-state index contributed by atoms with van der Waals surface area (Å²) >= 11 is 1.56. The third-order valence-electron chi connectivity index (χ3n) is 4.52. The topological polar surface area (TPSA) is 76.2 Å². The number of nitrogens with zero attached hydrogens (tertiary/aromatic N) is 2. The minimum atomic E-state index is -3.66. The molecule has 9 heteroatoms. The molecule has 0 unspecified atom stereocenters. The first-order valence-corrected chi connectivity index (χ1v) is 10.8. The maximum absolute atomic E-state index is 12.9. The smallest absolute Gasteiger partial charge is 0.243 e. The van der Waals surface area contributed by atoms with Gasteiger partial charge in [-0.3, -0.25) is 4.79 Å². The molecule has 0 N–H and O–H groups in total. The minimum Gasteiger partial charge on any atom is -0.493 e. The van der Waals surface area contributed by atoms with Crippen LogP contribution in [0.25, 0.3) is 0 Å². The highest BCUT2D eigenvalue weighted by Crippen LogP contribution is 2.30. The fraction of sp³-hybridized carbons (Fsp3) is 0.389. The number of hydrogen-bond acceptors (Lipinski definition) is 6. The SMILES string of the molecule is COc1ccc(S(=O)(=O)N2CCN(C(=O)Cc3ccsc3)CC2)cc1OC. The molecule has 1 aliphatic rings. The number of carbonyl (C=O) groups is 1. The number of rotatable bonds is 6. The summed E-state index contributed by atoms with van der Waals surface area (Å²) in [4.78, 5) is 14.2. The van der Waals surface area contributed by atoms with E-state index in [0.29, 0.717) is 31.0 Å². The lowest BCUT2D eigenvalue weighted by Crippen LogP contribution is -2.50. The van der Waals surface area contributed by atoms with Gasteiger partial charge in [-0.1, -0.05) is 0 Å². The summed E-state index contributed by atoms with van der Waals surface area (Å²) in [6.45, 7) is 1.31. The molecule has 27 heavy (non-hydrogen) atoms. The molecule has 3 rings (SSSR count). The Balaban J connectivity index is 1.67. The highest BCUT2D eigenvalue weighted by molar-refractivity contribution is 7.89. The molecule has 0 atom stereocenters. The number of piperazine rings is 1. The molecule has 0 radical (unpaired) electrons. The van der Waals surface area contributed by atoms with Crippen molar-refractivity contribution >= 4 is 27.3 Å². The Morgan fingerprint density at radius 2 is 1.78 bits per heavy atom. The van der Waals surface area contributed by atoms with Gasteiger partial charge < -0.3 is 14.4 Å². The predicted molar refractivity (Wildman–Crippen MR) is 103 cm³/mol. The molecule has 1 fully saturated rings. The van der Waals surface area contributed by atoms with Crippen LogP contribution in [0.15, 0.2) is 39.9 Å². The fourth-order valence-corrected chi connectivity index (χ4v) is 5.09. The summed E-state index contributed by atoms with van der Waals surface area (Å²) in [5.41, 5.74) is 0.991. The van der Waals surface area contributed by atoms with E-state index in [1.807, 2.05) is 16.8 Å². The molecule has 1 amide bonds. The monoisotopic (exact) mass is 410 g/mol. The average molecular weight is 411 g/mol. The van der Waals surface area contributed by atoms with Crippen LogP contribution in [0.4, 0.5) is 0 Å². The number of amides is 1. The van der Waals surface area contributed by atoms with E-state index in [1.165, 1.54) is 30.7 Å². The summed E-state index contributed by atoms with van der Waals surface area (Å²) < 4.78 is 37.6. The molecule has 1 aromatic heterocycles. The summed E-state index contributed by atoms with van der Waals surface area (Å²) in [6.07, 6.45) is 0.353. The van der Waals surface area contributed by atoms with Crippen LogP contribution in [-0.4, -0.2) is 63.9 Å². The summed E-state index contributed by atoms with van der Waals surface area (Å²) in [5.74, 6) is 0.861. The van der Waals surface area contributed by atoms with E-state index in [0.717, 1.165) is 5.56 Å². The molecule has 2 heterocycles. The fourth-order valence-electron chi connectivity index (χ4n) is 2.98. The quantitative estimate of drug-likeness (QED) is 0.726. The van der Waals surface area contributed by atoms with Crippen molar-refractivity contribution in [1.29, 1.82) is 0 Å². The number of carbonyl (C=O) groups excluding carboxylic acids is 1. The molecular formula is C18H22N2O5S2. The minimum absolute atomic E-state index is 0.0246. The van der Waals surface area contributed by atoms with Crippen LogP contribution in [0.3, 0.4) is 0 Å². The lowest BCUT2D eigenvalue weighted by Gasteiger charge is -2.34. The van der Waals surface area contributed by atoms with Gasteiger partial charge in [0.2, 0.25) is 15.9 Å².